The zero-order chi connectivity index (χ0) is 22.6. The van der Waals surface area contributed by atoms with E-state index in [0.717, 1.165) is 6.42 Å². The Hall–Kier alpha value is -2.63. The SMILES string of the molecule is CCCC(=O)c1cc(C#N)c([N+]2(S(=O)(=O)Cc3cccc(F)c3)CCCCC2)nc1C. The second kappa shape index (κ2) is 9.25. The Morgan fingerprint density at radius 2 is 1.94 bits per heavy atom. The van der Waals surface area contributed by atoms with E-state index in [4.69, 9.17) is 0 Å². The Bertz CT molecular complexity index is 1130. The lowest BCUT2D eigenvalue weighted by Gasteiger charge is -2.38. The number of hydrogen-bond donors (Lipinski definition) is 0. The van der Waals surface area contributed by atoms with Gasteiger partial charge in [0.1, 0.15) is 23.2 Å². The highest BCUT2D eigenvalue weighted by Gasteiger charge is 2.48. The lowest BCUT2D eigenvalue weighted by Crippen LogP contribution is -2.58. The van der Waals surface area contributed by atoms with Crippen LogP contribution >= 0.6 is 0 Å². The number of carbonyl (C=O) groups excluding carboxylic acids is 1. The molecule has 164 valence electrons. The van der Waals surface area contributed by atoms with Crippen molar-refractivity contribution in [3.63, 3.8) is 0 Å². The topological polar surface area (TPSA) is 87.9 Å². The first-order valence-corrected chi connectivity index (χ1v) is 12.1. The molecule has 1 aromatic heterocycles. The van der Waals surface area contributed by atoms with Crippen molar-refractivity contribution in [2.75, 3.05) is 13.1 Å². The first kappa shape index (κ1) is 23.0. The summed E-state index contributed by atoms with van der Waals surface area (Å²) in [6.45, 7) is 4.16. The van der Waals surface area contributed by atoms with Crippen LogP contribution in [0.2, 0.25) is 0 Å². The zero-order valence-electron chi connectivity index (χ0n) is 17.9. The molecule has 1 aliphatic rings. The first-order valence-electron chi connectivity index (χ1n) is 10.5. The number of benzene rings is 1. The molecule has 1 fully saturated rings. The highest BCUT2D eigenvalue weighted by Crippen LogP contribution is 2.36. The summed E-state index contributed by atoms with van der Waals surface area (Å²) in [7, 11) is -3.89. The van der Waals surface area contributed by atoms with Gasteiger partial charge in [-0.1, -0.05) is 19.1 Å². The quantitative estimate of drug-likeness (QED) is 0.466. The van der Waals surface area contributed by atoms with Gasteiger partial charge in [-0.2, -0.15) is 22.6 Å². The molecule has 0 saturated carbocycles. The maximum absolute atomic E-state index is 13.7. The Labute approximate surface area is 183 Å². The summed E-state index contributed by atoms with van der Waals surface area (Å²) >= 11 is 0. The average molecular weight is 445 g/mol. The number of piperidine rings is 1. The Balaban J connectivity index is 2.15. The highest BCUT2D eigenvalue weighted by atomic mass is 32.2. The van der Waals surface area contributed by atoms with Crippen LogP contribution < -0.4 is 3.89 Å². The van der Waals surface area contributed by atoms with Gasteiger partial charge in [0.15, 0.2) is 5.78 Å². The Morgan fingerprint density at radius 1 is 1.23 bits per heavy atom. The zero-order valence-corrected chi connectivity index (χ0v) is 18.7. The van der Waals surface area contributed by atoms with Crippen LogP contribution in [0.1, 0.15) is 66.2 Å². The fraction of sp³-hybridized carbons (Fsp3) is 0.435. The fourth-order valence-corrected chi connectivity index (χ4v) is 6.30. The molecule has 2 heterocycles. The molecule has 3 rings (SSSR count). The lowest BCUT2D eigenvalue weighted by atomic mass is 10.0. The van der Waals surface area contributed by atoms with Crippen molar-refractivity contribution in [1.29, 1.82) is 5.26 Å². The van der Waals surface area contributed by atoms with Crippen molar-refractivity contribution in [3.05, 3.63) is 58.5 Å². The van der Waals surface area contributed by atoms with Gasteiger partial charge in [0.25, 0.3) is 5.82 Å². The maximum atomic E-state index is 13.7. The van der Waals surface area contributed by atoms with Crippen LogP contribution in [0.4, 0.5) is 10.2 Å². The summed E-state index contributed by atoms with van der Waals surface area (Å²) in [4.78, 5) is 17.0. The van der Waals surface area contributed by atoms with Gasteiger partial charge in [0, 0.05) is 12.0 Å². The molecule has 0 unspecified atom stereocenters. The molecule has 0 bridgehead atoms. The number of hydrogen-bond acceptors (Lipinski definition) is 5. The number of ketones is 1. The van der Waals surface area contributed by atoms with E-state index in [9.17, 15) is 22.9 Å². The third-order valence-electron chi connectivity index (χ3n) is 5.79. The van der Waals surface area contributed by atoms with E-state index < -0.39 is 19.7 Å². The van der Waals surface area contributed by atoms with Crippen molar-refractivity contribution >= 4 is 21.6 Å². The molecule has 1 saturated heterocycles. The number of Topliss-reactive ketones (excluding diaryl/α,β-unsaturated/α-hetero) is 1. The maximum Gasteiger partial charge on any atom is 0.307 e. The predicted molar refractivity (Wildman–Crippen MR) is 117 cm³/mol. The second-order valence-corrected chi connectivity index (χ2v) is 10.2. The number of pyridine rings is 1. The van der Waals surface area contributed by atoms with Crippen LogP contribution in [0.3, 0.4) is 0 Å². The van der Waals surface area contributed by atoms with Crippen molar-refractivity contribution in [2.45, 2.75) is 51.7 Å². The number of sulfonamides is 1. The Morgan fingerprint density at radius 3 is 2.55 bits per heavy atom. The number of nitriles is 1. The molecule has 0 aliphatic carbocycles. The predicted octanol–water partition coefficient (Wildman–Crippen LogP) is 4.40. The van der Waals surface area contributed by atoms with E-state index in [-0.39, 0.29) is 22.9 Å². The minimum atomic E-state index is -3.89. The van der Waals surface area contributed by atoms with E-state index in [1.54, 1.807) is 13.0 Å². The number of aryl methyl sites for hydroxylation is 1. The summed E-state index contributed by atoms with van der Waals surface area (Å²) in [6.07, 6.45) is 3.24. The molecule has 31 heavy (non-hydrogen) atoms. The molecular weight excluding hydrogens is 417 g/mol. The smallest absolute Gasteiger partial charge is 0.294 e. The van der Waals surface area contributed by atoms with E-state index in [1.165, 1.54) is 24.3 Å². The number of quaternary nitrogens is 1. The highest BCUT2D eigenvalue weighted by molar-refractivity contribution is 7.90. The van der Waals surface area contributed by atoms with E-state index in [2.05, 4.69) is 11.1 Å². The Kier molecular flexibility index (Phi) is 6.87. The van der Waals surface area contributed by atoms with E-state index in [1.807, 2.05) is 6.92 Å². The number of rotatable bonds is 7. The van der Waals surface area contributed by atoms with Gasteiger partial charge < -0.3 is 0 Å². The molecule has 1 aliphatic heterocycles. The summed E-state index contributed by atoms with van der Waals surface area (Å²) in [5, 5.41) is 9.83. The van der Waals surface area contributed by atoms with Gasteiger partial charge >= 0.3 is 10.0 Å². The van der Waals surface area contributed by atoms with Crippen molar-refractivity contribution in [3.8, 4) is 6.07 Å². The van der Waals surface area contributed by atoms with Crippen molar-refractivity contribution in [2.24, 2.45) is 0 Å². The van der Waals surface area contributed by atoms with Crippen molar-refractivity contribution < 1.29 is 17.6 Å². The van der Waals surface area contributed by atoms with Gasteiger partial charge in [-0.3, -0.25) is 4.79 Å². The minimum absolute atomic E-state index is 0.106. The van der Waals surface area contributed by atoms with Gasteiger partial charge in [0.2, 0.25) is 0 Å². The molecule has 0 N–H and O–H groups in total. The van der Waals surface area contributed by atoms with Crippen LogP contribution in [0.5, 0.6) is 0 Å². The lowest BCUT2D eigenvalue weighted by molar-refractivity contribution is 0.0980. The summed E-state index contributed by atoms with van der Waals surface area (Å²) in [6, 6.07) is 9.11. The first-order chi connectivity index (χ1) is 14.7. The van der Waals surface area contributed by atoms with Crippen LogP contribution in [0.25, 0.3) is 0 Å². The molecule has 0 amide bonds. The van der Waals surface area contributed by atoms with Gasteiger partial charge in [-0.05, 0) is 56.4 Å². The van der Waals surface area contributed by atoms with Gasteiger partial charge in [-0.25, -0.2) is 4.39 Å². The third-order valence-corrected chi connectivity index (χ3v) is 8.09. The van der Waals surface area contributed by atoms with Gasteiger partial charge in [-0.15, -0.1) is 0 Å². The van der Waals surface area contributed by atoms with Crippen LogP contribution in [-0.2, 0) is 15.8 Å². The van der Waals surface area contributed by atoms with Crippen LogP contribution in [0, 0.1) is 24.1 Å². The van der Waals surface area contributed by atoms with Crippen LogP contribution in [-0.4, -0.2) is 32.3 Å². The molecule has 0 radical (unpaired) electrons. The van der Waals surface area contributed by atoms with Crippen molar-refractivity contribution in [1.82, 2.24) is 8.87 Å². The summed E-state index contributed by atoms with van der Waals surface area (Å²) < 4.78 is 40.7. The third kappa shape index (κ3) is 4.53. The molecule has 6 nitrogen and oxygen atoms in total. The molecule has 1 aromatic carbocycles. The van der Waals surface area contributed by atoms with E-state index >= 15 is 0 Å². The normalized spacial score (nSPS) is 15.9. The molecule has 8 heteroatoms. The van der Waals surface area contributed by atoms with Crippen LogP contribution in [0.15, 0.2) is 30.3 Å². The number of halogens is 1. The summed E-state index contributed by atoms with van der Waals surface area (Å²) in [5.41, 5.74) is 1.25. The molecule has 0 atom stereocenters. The number of aromatic nitrogens is 1. The fourth-order valence-electron chi connectivity index (χ4n) is 4.24. The monoisotopic (exact) mass is 444 g/mol. The summed E-state index contributed by atoms with van der Waals surface area (Å²) in [5.74, 6) is -0.789. The second-order valence-electron chi connectivity index (χ2n) is 8.03. The molecule has 0 spiro atoms. The van der Waals surface area contributed by atoms with Gasteiger partial charge in [0.05, 0.1) is 18.8 Å². The minimum Gasteiger partial charge on any atom is -0.294 e. The average Bonchev–Trinajstić information content (AvgIpc) is 2.73. The molecule has 2 aromatic rings. The standard InChI is InChI=1S/C23H27FN3O3S/c1-3-8-22(28)21-14-19(15-25)23(26-17(21)2)27(11-5-4-6-12-27)31(29,30)16-18-9-7-10-20(24)13-18/h7,9-10,13-14H,3-6,8,11-12,16H2,1-2H3/q+1. The number of nitrogens with zero attached hydrogens (tertiary/aromatic N) is 3. The van der Waals surface area contributed by atoms with E-state index in [0.29, 0.717) is 55.6 Å². The number of carbonyl (C=O) groups is 1. The largest absolute Gasteiger partial charge is 0.307 e. The molecular formula is C23H27FN3O3S+.